The van der Waals surface area contributed by atoms with Crippen LogP contribution in [0.1, 0.15) is 142 Å². The van der Waals surface area contributed by atoms with E-state index >= 15 is 0 Å². The first-order valence-corrected chi connectivity index (χ1v) is 29.7. The van der Waals surface area contributed by atoms with Crippen molar-refractivity contribution in [3.8, 4) is 56.1 Å². The second-order valence-electron chi connectivity index (χ2n) is 25.4. The minimum Gasteiger partial charge on any atom is -0.512 e. The molecule has 0 bridgehead atoms. The first-order chi connectivity index (χ1) is 39.6. The summed E-state index contributed by atoms with van der Waals surface area (Å²) in [5.74, 6) is 1.24. The number of hydrogen-bond donors (Lipinski definition) is 1. The standard InChI is InChI=1S/C33H31F3NO.C30H30N.C13H24O2.Ir/c1-20-25-15-16-37-28(24-17-23-9-7-8-10-26(23)27(18-24)31(2,3)4)30(25)38-29(20)22-13-11-21(12-14-22)19-32(5,6)33(34,35)36;1-21-16-22(2)18-28(17-21)29-19-27(14-15-31-29)26-12-10-25(11-13-26)24-8-6-23(7-9-24)20-30(3,4)5;1-5-10(6-2)12(14)9-13(15)11(7-3)8-4;/h7-16,18H,19H2,1-6H3;6-17,19H,20H2,1-5H3;9-11,14H,5-8H2,1-4H3;/q2*-1;;/b;;12-9-;. The third-order valence-corrected chi connectivity index (χ3v) is 15.8. The molecule has 85 heavy (non-hydrogen) atoms. The van der Waals surface area contributed by atoms with Gasteiger partial charge in [0.1, 0.15) is 11.3 Å². The smallest absolute Gasteiger partial charge is 0.394 e. The number of alkyl halides is 3. The van der Waals surface area contributed by atoms with Crippen LogP contribution in [0.25, 0.3) is 77.8 Å². The number of furan rings is 1. The number of nitrogens with zero attached hydrogens (tertiary/aromatic N) is 2. The number of benzene rings is 6. The summed E-state index contributed by atoms with van der Waals surface area (Å²) in [7, 11) is 0. The van der Waals surface area contributed by atoms with E-state index in [-0.39, 0.29) is 55.3 Å². The van der Waals surface area contributed by atoms with Gasteiger partial charge in [0.2, 0.25) is 0 Å². The van der Waals surface area contributed by atoms with Crippen LogP contribution in [0.2, 0.25) is 0 Å². The van der Waals surface area contributed by atoms with Crippen molar-refractivity contribution in [2.45, 2.75) is 154 Å². The average molecular weight is 1320 g/mol. The summed E-state index contributed by atoms with van der Waals surface area (Å²) in [6, 6.07) is 52.8. The molecule has 0 saturated heterocycles. The number of allylic oxidation sites excluding steroid dienone is 2. The van der Waals surface area contributed by atoms with Crippen LogP contribution >= 0.6 is 0 Å². The van der Waals surface area contributed by atoms with Gasteiger partial charge in [0.15, 0.2) is 5.78 Å². The Balaban J connectivity index is 0.000000222. The minimum absolute atomic E-state index is 0. The van der Waals surface area contributed by atoms with Gasteiger partial charge in [-0.25, -0.2) is 0 Å². The van der Waals surface area contributed by atoms with Gasteiger partial charge in [-0.1, -0.05) is 205 Å². The molecule has 0 saturated carbocycles. The Hall–Kier alpha value is -6.93. The maximum atomic E-state index is 13.4. The summed E-state index contributed by atoms with van der Waals surface area (Å²) >= 11 is 0. The molecule has 3 aromatic heterocycles. The van der Waals surface area contributed by atoms with Crippen molar-refractivity contribution < 1.29 is 47.6 Å². The molecular weight excluding hydrogens is 1240 g/mol. The predicted octanol–water partition coefficient (Wildman–Crippen LogP) is 21.8. The van der Waals surface area contributed by atoms with E-state index in [0.717, 1.165) is 82.1 Å². The SMILES string of the molecule is CCC(CC)C(=O)/C=C(\O)C(CC)CC.Cc1[c-]c(-c2cc(-c3ccc(-c4ccc(CC(C)(C)C)cc4)cc3)ccn2)cc(C)c1.Cc1c(-c2ccc(CC(C)(C)C(F)(F)F)cc2)oc2c(-c3[c-]c4ccccc4c(C(C)(C)C)c3)nccc12.[Ir]. The second-order valence-corrected chi connectivity index (χ2v) is 25.4. The molecule has 1 N–H and O–H groups in total. The fourth-order valence-corrected chi connectivity index (χ4v) is 10.8. The van der Waals surface area contributed by atoms with Crippen LogP contribution in [0, 0.1) is 55.6 Å². The number of aryl methyl sites for hydroxylation is 3. The van der Waals surface area contributed by atoms with E-state index in [0.29, 0.717) is 22.3 Å². The second kappa shape index (κ2) is 28.5. The molecule has 0 unspecified atom stereocenters. The number of carbonyl (C=O) groups is 1. The molecular formula is C76H85F3IrN2O3-2. The Morgan fingerprint density at radius 1 is 0.600 bits per heavy atom. The Kier molecular flexibility index (Phi) is 22.5. The van der Waals surface area contributed by atoms with Crippen LogP contribution in [0.15, 0.2) is 162 Å². The van der Waals surface area contributed by atoms with Gasteiger partial charge in [0.25, 0.3) is 0 Å². The molecule has 9 heteroatoms. The van der Waals surface area contributed by atoms with E-state index in [9.17, 15) is 23.1 Å². The number of pyridine rings is 2. The van der Waals surface area contributed by atoms with Crippen LogP contribution in [-0.2, 0) is 43.2 Å². The zero-order chi connectivity index (χ0) is 61.3. The van der Waals surface area contributed by atoms with E-state index in [1.165, 1.54) is 64.3 Å². The van der Waals surface area contributed by atoms with Crippen molar-refractivity contribution in [2.75, 3.05) is 0 Å². The number of rotatable bonds is 15. The Morgan fingerprint density at radius 2 is 1.14 bits per heavy atom. The van der Waals surface area contributed by atoms with Crippen molar-refractivity contribution in [2.24, 2.45) is 22.7 Å². The number of hydrogen-bond acceptors (Lipinski definition) is 5. The molecule has 3 heterocycles. The number of carbonyl (C=O) groups excluding carboxylic acids is 1. The molecule has 0 aliphatic rings. The Morgan fingerprint density at radius 3 is 1.69 bits per heavy atom. The first kappa shape index (κ1) is 67.2. The monoisotopic (exact) mass is 1320 g/mol. The average Bonchev–Trinajstić information content (AvgIpc) is 2.03. The maximum Gasteiger partial charge on any atom is 0.394 e. The Bertz CT molecular complexity index is 3680. The zero-order valence-electron chi connectivity index (χ0n) is 52.5. The van der Waals surface area contributed by atoms with Crippen LogP contribution < -0.4 is 0 Å². The van der Waals surface area contributed by atoms with Gasteiger partial charge in [-0.05, 0) is 107 Å². The van der Waals surface area contributed by atoms with Gasteiger partial charge in [0, 0.05) is 72.6 Å². The van der Waals surface area contributed by atoms with Gasteiger partial charge in [0.05, 0.1) is 11.2 Å². The Labute approximate surface area is 518 Å². The van der Waals surface area contributed by atoms with Crippen molar-refractivity contribution in [1.29, 1.82) is 0 Å². The van der Waals surface area contributed by atoms with Crippen LogP contribution in [0.4, 0.5) is 13.2 Å². The van der Waals surface area contributed by atoms with Gasteiger partial charge < -0.3 is 14.5 Å². The molecule has 449 valence electrons. The molecule has 6 aromatic carbocycles. The maximum absolute atomic E-state index is 13.4. The summed E-state index contributed by atoms with van der Waals surface area (Å²) in [4.78, 5) is 21.0. The third kappa shape index (κ3) is 17.2. The molecule has 0 atom stereocenters. The van der Waals surface area contributed by atoms with E-state index in [1.807, 2.05) is 71.1 Å². The third-order valence-electron chi connectivity index (χ3n) is 15.8. The number of aliphatic hydroxyl groups excluding tert-OH is 1. The van der Waals surface area contributed by atoms with Gasteiger partial charge in [-0.15, -0.1) is 64.0 Å². The van der Waals surface area contributed by atoms with E-state index in [2.05, 4.69) is 164 Å². The van der Waals surface area contributed by atoms with Crippen molar-refractivity contribution in [1.82, 2.24) is 9.97 Å². The molecule has 0 aliphatic carbocycles. The summed E-state index contributed by atoms with van der Waals surface area (Å²) < 4.78 is 46.5. The molecule has 0 fully saturated rings. The number of aliphatic hydroxyl groups is 1. The zero-order valence-corrected chi connectivity index (χ0v) is 54.9. The first-order valence-electron chi connectivity index (χ1n) is 29.7. The van der Waals surface area contributed by atoms with Crippen LogP contribution in [0.5, 0.6) is 0 Å². The number of aromatic nitrogens is 2. The van der Waals surface area contributed by atoms with E-state index < -0.39 is 11.6 Å². The summed E-state index contributed by atoms with van der Waals surface area (Å²) in [5.41, 5.74) is 14.9. The topological polar surface area (TPSA) is 76.2 Å². The normalized spacial score (nSPS) is 12.2. The fourth-order valence-electron chi connectivity index (χ4n) is 10.8. The summed E-state index contributed by atoms with van der Waals surface area (Å²) in [5, 5.41) is 12.9. The van der Waals surface area contributed by atoms with Gasteiger partial charge in [-0.3, -0.25) is 9.78 Å². The molecule has 0 spiro atoms. The summed E-state index contributed by atoms with van der Waals surface area (Å²) in [6.07, 6.45) is 5.32. The minimum atomic E-state index is -4.27. The largest absolute Gasteiger partial charge is 0.512 e. The molecule has 9 rings (SSSR count). The van der Waals surface area contributed by atoms with E-state index in [1.54, 1.807) is 18.3 Å². The molecule has 9 aromatic rings. The molecule has 1 radical (unpaired) electrons. The summed E-state index contributed by atoms with van der Waals surface area (Å²) in [6.45, 7) is 30.1. The van der Waals surface area contributed by atoms with Crippen LogP contribution in [-0.4, -0.2) is 27.0 Å². The van der Waals surface area contributed by atoms with Gasteiger partial charge in [-0.2, -0.15) is 13.2 Å². The van der Waals surface area contributed by atoms with Crippen molar-refractivity contribution >= 4 is 27.5 Å². The number of ketones is 1. The molecule has 5 nitrogen and oxygen atoms in total. The van der Waals surface area contributed by atoms with Crippen molar-refractivity contribution in [3.63, 3.8) is 0 Å². The predicted molar refractivity (Wildman–Crippen MR) is 344 cm³/mol. The number of fused-ring (bicyclic) bond motifs is 2. The molecule has 0 amide bonds. The quantitative estimate of drug-likeness (QED) is 0.0629. The number of halogens is 3. The van der Waals surface area contributed by atoms with Gasteiger partial charge >= 0.3 is 6.18 Å². The van der Waals surface area contributed by atoms with E-state index in [4.69, 9.17) is 9.40 Å². The molecule has 0 aliphatic heterocycles. The van der Waals surface area contributed by atoms with Crippen LogP contribution in [0.3, 0.4) is 0 Å². The van der Waals surface area contributed by atoms with Crippen molar-refractivity contribution in [3.05, 3.63) is 203 Å². The fraction of sp³-hybridized carbons (Fsp3) is 0.355.